The molecular formula is C22H24N4O5. The van der Waals surface area contributed by atoms with E-state index in [-0.39, 0.29) is 12.2 Å². The Hall–Kier alpha value is -3.88. The van der Waals surface area contributed by atoms with Gasteiger partial charge in [0.05, 0.1) is 26.5 Å². The van der Waals surface area contributed by atoms with E-state index in [9.17, 15) is 14.4 Å². The van der Waals surface area contributed by atoms with Crippen LogP contribution in [0.5, 0.6) is 11.5 Å². The lowest BCUT2D eigenvalue weighted by Gasteiger charge is -2.13. The largest absolute Gasteiger partial charge is 0.497 e. The Balaban J connectivity index is 2.19. The summed E-state index contributed by atoms with van der Waals surface area (Å²) in [6.07, 6.45) is 0.694. The number of ether oxygens (including phenoxy) is 2. The molecule has 2 aromatic carbocycles. The molecule has 0 bridgehead atoms. The van der Waals surface area contributed by atoms with E-state index in [4.69, 9.17) is 9.47 Å². The molecule has 3 aromatic rings. The second kappa shape index (κ2) is 9.75. The average molecular weight is 424 g/mol. The summed E-state index contributed by atoms with van der Waals surface area (Å²) >= 11 is 0. The number of hydrogen-bond donors (Lipinski definition) is 1. The first-order valence-electron chi connectivity index (χ1n) is 9.78. The van der Waals surface area contributed by atoms with Gasteiger partial charge in [-0.05, 0) is 36.2 Å². The van der Waals surface area contributed by atoms with E-state index in [0.29, 0.717) is 35.7 Å². The molecule has 0 spiro atoms. The first-order chi connectivity index (χ1) is 15.0. The standard InChI is InChI=1S/C22H24N4O5/c1-4-11-23-20(27)19-21(28)25(14-15-7-5-9-17(12-15)30-2)22(29)26(24-19)16-8-6-10-18(13-16)31-3/h5-10,12-13H,4,11,14H2,1-3H3,(H,23,27). The van der Waals surface area contributed by atoms with Crippen molar-refractivity contribution in [3.05, 3.63) is 80.6 Å². The minimum atomic E-state index is -0.763. The zero-order chi connectivity index (χ0) is 22.4. The lowest BCUT2D eigenvalue weighted by molar-refractivity contribution is 0.0944. The van der Waals surface area contributed by atoms with Crippen LogP contribution in [0.3, 0.4) is 0 Å². The molecule has 162 valence electrons. The molecule has 1 heterocycles. The number of benzene rings is 2. The highest BCUT2D eigenvalue weighted by Gasteiger charge is 2.20. The van der Waals surface area contributed by atoms with Crippen LogP contribution in [-0.4, -0.2) is 41.0 Å². The van der Waals surface area contributed by atoms with Crippen molar-refractivity contribution in [1.82, 2.24) is 19.7 Å². The molecule has 9 heteroatoms. The lowest BCUT2D eigenvalue weighted by atomic mass is 10.2. The predicted molar refractivity (Wildman–Crippen MR) is 115 cm³/mol. The molecule has 0 saturated carbocycles. The maximum absolute atomic E-state index is 13.2. The highest BCUT2D eigenvalue weighted by atomic mass is 16.5. The Bertz CT molecular complexity index is 1200. The number of carbonyl (C=O) groups excluding carboxylic acids is 1. The zero-order valence-electron chi connectivity index (χ0n) is 17.6. The quantitative estimate of drug-likeness (QED) is 0.589. The van der Waals surface area contributed by atoms with Crippen LogP contribution in [0.25, 0.3) is 5.69 Å². The van der Waals surface area contributed by atoms with Crippen molar-refractivity contribution in [1.29, 1.82) is 0 Å². The maximum Gasteiger partial charge on any atom is 0.352 e. The van der Waals surface area contributed by atoms with Crippen LogP contribution in [0.1, 0.15) is 29.4 Å². The van der Waals surface area contributed by atoms with Crippen LogP contribution in [0.2, 0.25) is 0 Å². The summed E-state index contributed by atoms with van der Waals surface area (Å²) in [5, 5.41) is 6.73. The minimum absolute atomic E-state index is 0.0462. The Labute approximate surface area is 178 Å². The number of carbonyl (C=O) groups is 1. The van der Waals surface area contributed by atoms with Crippen molar-refractivity contribution in [3.63, 3.8) is 0 Å². The molecular weight excluding hydrogens is 400 g/mol. The Kier molecular flexibility index (Phi) is 6.86. The second-order valence-corrected chi connectivity index (χ2v) is 6.74. The topological polar surface area (TPSA) is 104 Å². The number of nitrogens with zero attached hydrogens (tertiary/aromatic N) is 3. The number of hydrogen-bond acceptors (Lipinski definition) is 6. The SMILES string of the molecule is CCCNC(=O)c1nn(-c2cccc(OC)c2)c(=O)n(Cc2cccc(OC)c2)c1=O. The van der Waals surface area contributed by atoms with Crippen LogP contribution in [0.4, 0.5) is 0 Å². The molecule has 0 atom stereocenters. The van der Waals surface area contributed by atoms with Crippen molar-refractivity contribution in [3.8, 4) is 17.2 Å². The van der Waals surface area contributed by atoms with E-state index in [1.165, 1.54) is 14.2 Å². The molecule has 3 rings (SSSR count). The molecule has 0 aliphatic carbocycles. The van der Waals surface area contributed by atoms with E-state index in [0.717, 1.165) is 9.25 Å². The highest BCUT2D eigenvalue weighted by Crippen LogP contribution is 2.15. The van der Waals surface area contributed by atoms with Gasteiger partial charge in [-0.15, -0.1) is 0 Å². The number of amides is 1. The van der Waals surface area contributed by atoms with E-state index < -0.39 is 17.2 Å². The molecule has 1 amide bonds. The van der Waals surface area contributed by atoms with Gasteiger partial charge < -0.3 is 14.8 Å². The fourth-order valence-corrected chi connectivity index (χ4v) is 2.98. The van der Waals surface area contributed by atoms with Gasteiger partial charge in [0.25, 0.3) is 11.5 Å². The van der Waals surface area contributed by atoms with Gasteiger partial charge in [0, 0.05) is 12.6 Å². The van der Waals surface area contributed by atoms with Gasteiger partial charge in [0.1, 0.15) is 11.5 Å². The third-order valence-electron chi connectivity index (χ3n) is 4.58. The Morgan fingerprint density at radius 2 is 1.71 bits per heavy atom. The van der Waals surface area contributed by atoms with Gasteiger partial charge >= 0.3 is 5.69 Å². The van der Waals surface area contributed by atoms with Crippen LogP contribution in [0, 0.1) is 0 Å². The molecule has 0 aliphatic rings. The van der Waals surface area contributed by atoms with Gasteiger partial charge in [-0.25, -0.2) is 4.79 Å². The molecule has 1 aromatic heterocycles. The van der Waals surface area contributed by atoms with Crippen LogP contribution in [0.15, 0.2) is 58.1 Å². The van der Waals surface area contributed by atoms with Gasteiger partial charge in [0.15, 0.2) is 0 Å². The third-order valence-corrected chi connectivity index (χ3v) is 4.58. The summed E-state index contributed by atoms with van der Waals surface area (Å²) < 4.78 is 12.5. The fraction of sp³-hybridized carbons (Fsp3) is 0.273. The molecule has 31 heavy (non-hydrogen) atoms. The molecule has 0 unspecified atom stereocenters. The number of nitrogens with one attached hydrogen (secondary N) is 1. The number of rotatable bonds is 8. The van der Waals surface area contributed by atoms with Crippen LogP contribution < -0.4 is 26.0 Å². The summed E-state index contributed by atoms with van der Waals surface area (Å²) in [4.78, 5) is 38.8. The molecule has 0 aliphatic heterocycles. The molecule has 0 saturated heterocycles. The van der Waals surface area contributed by atoms with Crippen molar-refractivity contribution in [2.24, 2.45) is 0 Å². The van der Waals surface area contributed by atoms with Crippen molar-refractivity contribution in [2.75, 3.05) is 20.8 Å². The van der Waals surface area contributed by atoms with E-state index in [1.807, 2.05) is 6.92 Å². The third kappa shape index (κ3) is 4.82. The lowest BCUT2D eigenvalue weighted by Crippen LogP contribution is -2.46. The Morgan fingerprint density at radius 3 is 2.39 bits per heavy atom. The first kappa shape index (κ1) is 21.8. The maximum atomic E-state index is 13.2. The average Bonchev–Trinajstić information content (AvgIpc) is 2.80. The van der Waals surface area contributed by atoms with Gasteiger partial charge in [-0.3, -0.25) is 14.2 Å². The van der Waals surface area contributed by atoms with Crippen LogP contribution in [-0.2, 0) is 6.54 Å². The molecule has 1 N–H and O–H groups in total. The molecule has 9 nitrogen and oxygen atoms in total. The monoisotopic (exact) mass is 424 g/mol. The van der Waals surface area contributed by atoms with Crippen molar-refractivity contribution >= 4 is 5.91 Å². The van der Waals surface area contributed by atoms with E-state index >= 15 is 0 Å². The number of methoxy groups -OCH3 is 2. The molecule has 0 radical (unpaired) electrons. The summed E-state index contributed by atoms with van der Waals surface area (Å²) in [5.41, 5.74) is -0.761. The van der Waals surface area contributed by atoms with E-state index in [1.54, 1.807) is 48.5 Å². The summed E-state index contributed by atoms with van der Waals surface area (Å²) in [5.74, 6) is 0.463. The molecule has 0 fully saturated rings. The van der Waals surface area contributed by atoms with E-state index in [2.05, 4.69) is 10.4 Å². The number of aromatic nitrogens is 3. The minimum Gasteiger partial charge on any atom is -0.497 e. The van der Waals surface area contributed by atoms with Crippen molar-refractivity contribution in [2.45, 2.75) is 19.9 Å². The normalized spacial score (nSPS) is 10.5. The van der Waals surface area contributed by atoms with Gasteiger partial charge in [0.2, 0.25) is 5.69 Å². The fourth-order valence-electron chi connectivity index (χ4n) is 2.98. The zero-order valence-corrected chi connectivity index (χ0v) is 17.6. The van der Waals surface area contributed by atoms with Gasteiger partial charge in [-0.1, -0.05) is 25.1 Å². The first-order valence-corrected chi connectivity index (χ1v) is 9.78. The van der Waals surface area contributed by atoms with Gasteiger partial charge in [-0.2, -0.15) is 9.78 Å². The Morgan fingerprint density at radius 1 is 1.03 bits per heavy atom. The van der Waals surface area contributed by atoms with Crippen LogP contribution >= 0.6 is 0 Å². The second-order valence-electron chi connectivity index (χ2n) is 6.74. The summed E-state index contributed by atoms with van der Waals surface area (Å²) in [6, 6.07) is 13.7. The van der Waals surface area contributed by atoms with Crippen molar-refractivity contribution < 1.29 is 14.3 Å². The predicted octanol–water partition coefficient (Wildman–Crippen LogP) is 1.60. The summed E-state index contributed by atoms with van der Waals surface area (Å²) in [6.45, 7) is 2.23. The smallest absolute Gasteiger partial charge is 0.352 e. The highest BCUT2D eigenvalue weighted by molar-refractivity contribution is 5.91. The summed E-state index contributed by atoms with van der Waals surface area (Å²) in [7, 11) is 3.03.